The Bertz CT molecular complexity index is 820. The van der Waals surface area contributed by atoms with Crippen LogP contribution in [0.5, 0.6) is 0 Å². The van der Waals surface area contributed by atoms with Gasteiger partial charge < -0.3 is 4.98 Å². The summed E-state index contributed by atoms with van der Waals surface area (Å²) in [6, 6.07) is 8.28. The molecular weight excluding hydrogens is 288 g/mol. The minimum Gasteiger partial charge on any atom is -0.309 e. The summed E-state index contributed by atoms with van der Waals surface area (Å²) in [7, 11) is 0. The van der Waals surface area contributed by atoms with Gasteiger partial charge in [-0.1, -0.05) is 17.7 Å². The second-order valence-electron chi connectivity index (χ2n) is 4.71. The maximum Gasteiger partial charge on any atom is 0.268 e. The first kappa shape index (κ1) is 13.4. The van der Waals surface area contributed by atoms with E-state index in [0.29, 0.717) is 10.5 Å². The van der Waals surface area contributed by atoms with Gasteiger partial charge in [-0.25, -0.2) is 4.98 Å². The molecule has 3 aromatic rings. The monoisotopic (exact) mass is 302 g/mol. The number of hydrogen-bond donors (Lipinski definition) is 1. The van der Waals surface area contributed by atoms with E-state index >= 15 is 0 Å². The number of hydrogen-bond acceptors (Lipinski definition) is 4. The van der Waals surface area contributed by atoms with Gasteiger partial charge in [0.05, 0.1) is 11.3 Å². The van der Waals surface area contributed by atoms with Crippen LogP contribution < -0.4 is 5.56 Å². The van der Waals surface area contributed by atoms with Crippen molar-refractivity contribution < 1.29 is 0 Å². The molecule has 0 bridgehead atoms. The number of thioether (sulfide) groups is 1. The standard InChI is InChI=1S/C15H14N2OS2/c1-9-3-4-12(10(2)7-9)20-8-13-16-11-5-6-19-14(11)15(18)17-13/h3-7H,8H2,1-2H3,(H,16,17,18). The van der Waals surface area contributed by atoms with Crippen molar-refractivity contribution in [2.75, 3.05) is 0 Å². The van der Waals surface area contributed by atoms with Crippen molar-refractivity contribution >= 4 is 33.3 Å². The summed E-state index contributed by atoms with van der Waals surface area (Å²) in [5.74, 6) is 1.40. The third-order valence-electron chi connectivity index (χ3n) is 3.06. The molecule has 3 rings (SSSR count). The number of thiophene rings is 1. The zero-order valence-corrected chi connectivity index (χ0v) is 12.9. The van der Waals surface area contributed by atoms with Gasteiger partial charge >= 0.3 is 0 Å². The highest BCUT2D eigenvalue weighted by atomic mass is 32.2. The summed E-state index contributed by atoms with van der Waals surface area (Å²) in [4.78, 5) is 20.5. The number of benzene rings is 1. The predicted molar refractivity (Wildman–Crippen MR) is 85.7 cm³/mol. The van der Waals surface area contributed by atoms with E-state index in [0.717, 1.165) is 11.3 Å². The molecule has 102 valence electrons. The minimum atomic E-state index is -0.0405. The molecule has 0 unspecified atom stereocenters. The van der Waals surface area contributed by atoms with Gasteiger partial charge in [0.15, 0.2) is 0 Å². The van der Waals surface area contributed by atoms with Crippen LogP contribution in [0.25, 0.3) is 10.2 Å². The van der Waals surface area contributed by atoms with E-state index in [1.165, 1.54) is 27.4 Å². The van der Waals surface area contributed by atoms with Crippen LogP contribution in [0.3, 0.4) is 0 Å². The molecule has 0 aliphatic heterocycles. The van der Waals surface area contributed by atoms with Crippen molar-refractivity contribution in [2.24, 2.45) is 0 Å². The Kier molecular flexibility index (Phi) is 3.63. The average molecular weight is 302 g/mol. The summed E-state index contributed by atoms with van der Waals surface area (Å²) in [6.45, 7) is 4.19. The lowest BCUT2D eigenvalue weighted by molar-refractivity contribution is 1.04. The normalized spacial score (nSPS) is 11.1. The molecule has 0 amide bonds. The second-order valence-corrected chi connectivity index (χ2v) is 6.64. The fourth-order valence-corrected chi connectivity index (χ4v) is 3.70. The van der Waals surface area contributed by atoms with Crippen LogP contribution in [-0.4, -0.2) is 9.97 Å². The van der Waals surface area contributed by atoms with Crippen molar-refractivity contribution in [3.8, 4) is 0 Å². The summed E-state index contributed by atoms with van der Waals surface area (Å²) in [6.07, 6.45) is 0. The Morgan fingerprint density at radius 1 is 1.30 bits per heavy atom. The average Bonchev–Trinajstić information content (AvgIpc) is 2.86. The summed E-state index contributed by atoms with van der Waals surface area (Å²) >= 11 is 3.13. The zero-order valence-electron chi connectivity index (χ0n) is 11.3. The van der Waals surface area contributed by atoms with Crippen molar-refractivity contribution in [1.82, 2.24) is 9.97 Å². The maximum absolute atomic E-state index is 11.9. The van der Waals surface area contributed by atoms with Gasteiger partial charge in [-0.05, 0) is 36.9 Å². The summed E-state index contributed by atoms with van der Waals surface area (Å²) < 4.78 is 0.699. The van der Waals surface area contributed by atoms with Gasteiger partial charge in [0, 0.05) is 4.90 Å². The number of fused-ring (bicyclic) bond motifs is 1. The SMILES string of the molecule is Cc1ccc(SCc2nc3ccsc3c(=O)[nH]2)c(C)c1. The number of nitrogens with zero attached hydrogens (tertiary/aromatic N) is 1. The molecule has 0 aliphatic carbocycles. The Hall–Kier alpha value is -1.59. The highest BCUT2D eigenvalue weighted by Crippen LogP contribution is 2.26. The lowest BCUT2D eigenvalue weighted by atomic mass is 10.2. The largest absolute Gasteiger partial charge is 0.309 e. The molecule has 0 fully saturated rings. The molecule has 0 spiro atoms. The van der Waals surface area contributed by atoms with E-state index in [1.54, 1.807) is 11.8 Å². The van der Waals surface area contributed by atoms with Crippen LogP contribution >= 0.6 is 23.1 Å². The van der Waals surface area contributed by atoms with Crippen LogP contribution in [0, 0.1) is 13.8 Å². The van der Waals surface area contributed by atoms with Crippen LogP contribution in [0.15, 0.2) is 39.3 Å². The molecule has 1 aromatic carbocycles. The van der Waals surface area contributed by atoms with Crippen LogP contribution in [0.1, 0.15) is 17.0 Å². The zero-order chi connectivity index (χ0) is 14.1. The molecule has 0 atom stereocenters. The van der Waals surface area contributed by atoms with E-state index in [2.05, 4.69) is 42.0 Å². The number of nitrogens with one attached hydrogen (secondary N) is 1. The molecular formula is C15H14N2OS2. The van der Waals surface area contributed by atoms with Crippen molar-refractivity contribution in [2.45, 2.75) is 24.5 Å². The first-order valence-electron chi connectivity index (χ1n) is 6.30. The first-order chi connectivity index (χ1) is 9.63. The second kappa shape index (κ2) is 5.42. The van der Waals surface area contributed by atoms with Crippen molar-refractivity contribution in [3.05, 3.63) is 57.0 Å². The summed E-state index contributed by atoms with van der Waals surface area (Å²) in [5, 5.41) is 1.90. The molecule has 0 aliphatic rings. The number of rotatable bonds is 3. The fraction of sp³-hybridized carbons (Fsp3) is 0.200. The highest BCUT2D eigenvalue weighted by Gasteiger charge is 2.06. The van der Waals surface area contributed by atoms with Gasteiger partial charge in [-0.15, -0.1) is 23.1 Å². The molecule has 20 heavy (non-hydrogen) atoms. The number of H-pyrrole nitrogens is 1. The molecule has 0 radical (unpaired) electrons. The van der Waals surface area contributed by atoms with Crippen LogP contribution in [-0.2, 0) is 5.75 Å². The molecule has 2 heterocycles. The number of aromatic nitrogens is 2. The maximum atomic E-state index is 11.9. The topological polar surface area (TPSA) is 45.8 Å². The molecule has 3 nitrogen and oxygen atoms in total. The van der Waals surface area contributed by atoms with Gasteiger partial charge in [-0.2, -0.15) is 0 Å². The van der Waals surface area contributed by atoms with E-state index < -0.39 is 0 Å². The molecule has 5 heteroatoms. The number of aryl methyl sites for hydroxylation is 2. The Morgan fingerprint density at radius 3 is 2.95 bits per heavy atom. The fourth-order valence-electron chi connectivity index (χ4n) is 2.10. The minimum absolute atomic E-state index is 0.0405. The van der Waals surface area contributed by atoms with Crippen molar-refractivity contribution in [3.63, 3.8) is 0 Å². The first-order valence-corrected chi connectivity index (χ1v) is 8.16. The molecule has 0 saturated carbocycles. The van der Waals surface area contributed by atoms with Crippen molar-refractivity contribution in [1.29, 1.82) is 0 Å². The van der Waals surface area contributed by atoms with E-state index in [9.17, 15) is 4.79 Å². The Balaban J connectivity index is 1.84. The predicted octanol–water partition coefficient (Wildman–Crippen LogP) is 3.89. The molecule has 2 aromatic heterocycles. The van der Waals surface area contributed by atoms with E-state index in [-0.39, 0.29) is 5.56 Å². The van der Waals surface area contributed by atoms with E-state index in [4.69, 9.17) is 0 Å². The Labute approximate surface area is 125 Å². The lowest BCUT2D eigenvalue weighted by Crippen LogP contribution is -2.09. The molecule has 0 saturated heterocycles. The van der Waals surface area contributed by atoms with Gasteiger partial charge in [-0.3, -0.25) is 4.79 Å². The van der Waals surface area contributed by atoms with E-state index in [1.807, 2.05) is 11.4 Å². The third kappa shape index (κ3) is 2.64. The van der Waals surface area contributed by atoms with Crippen LogP contribution in [0.4, 0.5) is 0 Å². The summed E-state index contributed by atoms with van der Waals surface area (Å²) in [5.41, 5.74) is 3.27. The molecule has 1 N–H and O–H groups in total. The Morgan fingerprint density at radius 2 is 2.15 bits per heavy atom. The third-order valence-corrected chi connectivity index (χ3v) is 5.15. The van der Waals surface area contributed by atoms with Gasteiger partial charge in [0.25, 0.3) is 5.56 Å². The quantitative estimate of drug-likeness (QED) is 0.746. The van der Waals surface area contributed by atoms with Crippen LogP contribution in [0.2, 0.25) is 0 Å². The van der Waals surface area contributed by atoms with Gasteiger partial charge in [0.1, 0.15) is 10.5 Å². The lowest BCUT2D eigenvalue weighted by Gasteiger charge is -2.06. The smallest absolute Gasteiger partial charge is 0.268 e. The highest BCUT2D eigenvalue weighted by molar-refractivity contribution is 7.98. The van der Waals surface area contributed by atoms with Gasteiger partial charge in [0.2, 0.25) is 0 Å². The number of aromatic amines is 1.